The van der Waals surface area contributed by atoms with Crippen molar-refractivity contribution in [3.63, 3.8) is 0 Å². The van der Waals surface area contributed by atoms with Crippen molar-refractivity contribution in [1.29, 1.82) is 0 Å². The van der Waals surface area contributed by atoms with Crippen LogP contribution in [0.2, 0.25) is 6.04 Å². The highest BCUT2D eigenvalue weighted by Crippen LogP contribution is 2.42. The molecule has 0 aromatic heterocycles. The predicted molar refractivity (Wildman–Crippen MR) is 146 cm³/mol. The molecule has 0 amide bonds. The summed E-state index contributed by atoms with van der Waals surface area (Å²) in [4.78, 5) is 11.6. The lowest BCUT2D eigenvalue weighted by Crippen LogP contribution is -2.65. The minimum atomic E-state index is -3.16. The van der Waals surface area contributed by atoms with E-state index in [4.69, 9.17) is 18.0 Å². The summed E-state index contributed by atoms with van der Waals surface area (Å²) in [6.45, 7) is 6.67. The molecule has 3 aromatic carbocycles. The summed E-state index contributed by atoms with van der Waals surface area (Å²) in [7, 11) is -3.16. The molecule has 192 valence electrons. The molecule has 3 saturated heterocycles. The average Bonchev–Trinajstić information content (AvgIpc) is 2.93. The Kier molecular flexibility index (Phi) is 7.98. The Morgan fingerprint density at radius 1 is 0.892 bits per heavy atom. The van der Waals surface area contributed by atoms with E-state index in [2.05, 4.69) is 61.2 Å². The highest BCUT2D eigenvalue weighted by molar-refractivity contribution is 6.60. The number of quaternary nitrogens is 1. The topological polar surface area (TPSA) is 54.0 Å². The van der Waals surface area contributed by atoms with Crippen molar-refractivity contribution in [2.24, 2.45) is 0 Å². The Balaban J connectivity index is 1.54. The number of benzene rings is 3. The maximum Gasteiger partial charge on any atom is 0.502 e. The van der Waals surface area contributed by atoms with E-state index in [1.807, 2.05) is 36.4 Å². The number of fused-ring (bicyclic) bond motifs is 6. The van der Waals surface area contributed by atoms with Crippen molar-refractivity contribution in [3.05, 3.63) is 115 Å². The van der Waals surface area contributed by atoms with Gasteiger partial charge in [0.15, 0.2) is 0 Å². The van der Waals surface area contributed by atoms with E-state index >= 15 is 0 Å². The van der Waals surface area contributed by atoms with E-state index in [0.717, 1.165) is 30.8 Å². The van der Waals surface area contributed by atoms with Crippen LogP contribution in [-0.2, 0) is 22.8 Å². The number of esters is 1. The summed E-state index contributed by atoms with van der Waals surface area (Å²) in [6, 6.07) is 31.9. The fraction of sp³-hybridized carbons (Fsp3) is 0.300. The van der Waals surface area contributed by atoms with Gasteiger partial charge >= 0.3 is 14.8 Å². The van der Waals surface area contributed by atoms with E-state index in [1.165, 1.54) is 11.8 Å². The smallest absolute Gasteiger partial charge is 0.463 e. The van der Waals surface area contributed by atoms with Gasteiger partial charge in [0.1, 0.15) is 37.5 Å². The van der Waals surface area contributed by atoms with E-state index < -0.39 is 14.8 Å². The number of carbonyl (C=O) groups excluding carboxylic acids is 1. The summed E-state index contributed by atoms with van der Waals surface area (Å²) in [5.41, 5.74) is 3.46. The first-order chi connectivity index (χ1) is 18.1. The molecular weight excluding hydrogens is 482 g/mol. The Labute approximate surface area is 220 Å². The van der Waals surface area contributed by atoms with Crippen LogP contribution in [0, 0.1) is 0 Å². The first kappa shape index (κ1) is 25.6. The lowest BCUT2D eigenvalue weighted by Gasteiger charge is -2.50. The van der Waals surface area contributed by atoms with Crippen LogP contribution in [0.15, 0.2) is 104 Å². The van der Waals surface area contributed by atoms with Gasteiger partial charge in [0.05, 0.1) is 13.2 Å². The molecule has 0 N–H and O–H groups in total. The number of hydrogen-bond acceptors (Lipinski definition) is 5. The molecule has 6 nitrogen and oxygen atoms in total. The second kappa shape index (κ2) is 11.5. The van der Waals surface area contributed by atoms with Crippen LogP contribution in [0.4, 0.5) is 5.69 Å². The van der Waals surface area contributed by atoms with Crippen molar-refractivity contribution >= 4 is 20.5 Å². The molecule has 37 heavy (non-hydrogen) atoms. The zero-order valence-electron chi connectivity index (χ0n) is 21.0. The molecule has 2 bridgehead atoms. The third-order valence-electron chi connectivity index (χ3n) is 7.20. The molecule has 3 aliphatic rings. The molecule has 2 atom stereocenters. The van der Waals surface area contributed by atoms with Crippen molar-refractivity contribution in [1.82, 2.24) is 4.48 Å². The monoisotopic (exact) mass is 516 g/mol. The quantitative estimate of drug-likeness (QED) is 0.128. The number of hydrogen-bond donors (Lipinski definition) is 0. The summed E-state index contributed by atoms with van der Waals surface area (Å²) in [6.07, 6.45) is 1.39. The van der Waals surface area contributed by atoms with Gasteiger partial charge in [0.2, 0.25) is 0 Å². The first-order valence-electron chi connectivity index (χ1n) is 12.9. The molecule has 0 saturated carbocycles. The van der Waals surface area contributed by atoms with Crippen molar-refractivity contribution in [3.8, 4) is 0 Å². The second-order valence-electron chi connectivity index (χ2n) is 9.61. The molecular formula is C30H34NO5Si+. The highest BCUT2D eigenvalue weighted by atomic mass is 28.4. The Morgan fingerprint density at radius 3 is 1.97 bits per heavy atom. The molecule has 3 fully saturated rings. The standard InChI is InChI=1S/C30H34NO5Si/c1-2-30(32)33-20-12-22-37-34-21-19-31(27-17-10-5-11-18-27,23-28(35-37)25-13-6-3-7-14-25)24-29(36-37)26-15-8-4-9-16-26/h2-11,13-18,28-29H,1,12,19-24H2/q+1. The number of ether oxygens (including phenoxy) is 1. The number of rotatable bonds is 8. The minimum Gasteiger partial charge on any atom is -0.463 e. The molecule has 6 rings (SSSR count). The second-order valence-corrected chi connectivity index (χ2v) is 12.2. The maximum atomic E-state index is 11.6. The molecule has 3 heterocycles. The van der Waals surface area contributed by atoms with Crippen molar-refractivity contribution in [2.75, 3.05) is 32.8 Å². The third kappa shape index (κ3) is 5.92. The van der Waals surface area contributed by atoms with E-state index in [9.17, 15) is 4.79 Å². The summed E-state index contributed by atoms with van der Waals surface area (Å²) in [5, 5.41) is 0. The first-order valence-corrected chi connectivity index (χ1v) is 14.8. The van der Waals surface area contributed by atoms with Gasteiger partial charge in [-0.05, 0) is 29.7 Å². The lowest BCUT2D eigenvalue weighted by molar-refractivity contribution is -0.137. The van der Waals surface area contributed by atoms with Crippen LogP contribution in [0.3, 0.4) is 0 Å². The Bertz CT molecular complexity index is 1120. The number of para-hydroxylation sites is 1. The summed E-state index contributed by atoms with van der Waals surface area (Å²) in [5.74, 6) is -0.425. The highest BCUT2D eigenvalue weighted by Gasteiger charge is 2.54. The number of nitrogens with zero attached hydrogens (tertiary/aromatic N) is 1. The molecule has 0 aliphatic carbocycles. The Hall–Kier alpha value is -3.07. The van der Waals surface area contributed by atoms with Crippen molar-refractivity contribution in [2.45, 2.75) is 24.7 Å². The fourth-order valence-corrected chi connectivity index (χ4v) is 8.19. The largest absolute Gasteiger partial charge is 0.502 e. The van der Waals surface area contributed by atoms with Crippen LogP contribution < -0.4 is 4.48 Å². The molecule has 0 radical (unpaired) electrons. The van der Waals surface area contributed by atoms with Crippen LogP contribution in [0.1, 0.15) is 29.8 Å². The van der Waals surface area contributed by atoms with Crippen LogP contribution in [0.5, 0.6) is 0 Å². The Morgan fingerprint density at radius 2 is 1.43 bits per heavy atom. The van der Waals surface area contributed by atoms with Gasteiger partial charge in [-0.25, -0.2) is 4.79 Å². The van der Waals surface area contributed by atoms with Gasteiger partial charge < -0.3 is 18.0 Å². The van der Waals surface area contributed by atoms with Gasteiger partial charge in [-0.2, -0.15) is 0 Å². The summed E-state index contributed by atoms with van der Waals surface area (Å²) < 4.78 is 26.6. The van der Waals surface area contributed by atoms with Crippen LogP contribution >= 0.6 is 0 Å². The molecule has 3 aromatic rings. The molecule has 3 aliphatic heterocycles. The lowest BCUT2D eigenvalue weighted by atomic mass is 10.0. The van der Waals surface area contributed by atoms with Gasteiger partial charge in [0.25, 0.3) is 0 Å². The van der Waals surface area contributed by atoms with E-state index in [-0.39, 0.29) is 18.8 Å². The minimum absolute atomic E-state index is 0.194. The SMILES string of the molecule is C=CC(=O)OCCC[Si]12OCC[N+](c3ccccc3)(CC(c3ccccc3)O1)CC(c1ccccc1)O2. The molecule has 0 spiro atoms. The third-order valence-corrected chi connectivity index (χ3v) is 10.1. The summed E-state index contributed by atoms with van der Waals surface area (Å²) >= 11 is 0. The maximum absolute atomic E-state index is 11.6. The normalized spacial score (nSPS) is 27.5. The van der Waals surface area contributed by atoms with Crippen LogP contribution in [0.25, 0.3) is 0 Å². The average molecular weight is 517 g/mol. The van der Waals surface area contributed by atoms with Crippen molar-refractivity contribution < 1.29 is 22.8 Å². The number of carbonyl (C=O) groups is 1. The molecule has 2 unspecified atom stereocenters. The zero-order chi connectivity index (χ0) is 25.6. The fourth-order valence-electron chi connectivity index (χ4n) is 5.35. The van der Waals surface area contributed by atoms with Crippen LogP contribution in [-0.4, -0.2) is 47.6 Å². The van der Waals surface area contributed by atoms with E-state index in [1.54, 1.807) is 0 Å². The van der Waals surface area contributed by atoms with E-state index in [0.29, 0.717) is 23.6 Å². The predicted octanol–water partition coefficient (Wildman–Crippen LogP) is 5.61. The van der Waals surface area contributed by atoms with Gasteiger partial charge in [-0.1, -0.05) is 85.4 Å². The zero-order valence-corrected chi connectivity index (χ0v) is 22.0. The van der Waals surface area contributed by atoms with Gasteiger partial charge in [-0.3, -0.25) is 4.48 Å². The van der Waals surface area contributed by atoms with Gasteiger partial charge in [0, 0.05) is 12.1 Å². The molecule has 7 heteroatoms. The van der Waals surface area contributed by atoms with Gasteiger partial charge in [-0.15, -0.1) is 0 Å².